The summed E-state index contributed by atoms with van der Waals surface area (Å²) in [5, 5.41) is 30.4. The van der Waals surface area contributed by atoms with Crippen LogP contribution in [0.4, 0.5) is 0 Å². The third kappa shape index (κ3) is 16.8. The second-order valence-corrected chi connectivity index (χ2v) is 13.6. The number of carbonyl (C=O) groups excluding carboxylic acids is 2. The summed E-state index contributed by atoms with van der Waals surface area (Å²) in [5.74, 6) is -1.07. The SMILES string of the molecule is CC/C=C\C/C=C\C/C=C\C/C=C\C/C=C\C/C=C\CCC(=O)NCCNP(=O)(OCC1O[C@@H](n2cnc(C(N)=O)n2)[C@H](O)[C@@H]1O)Oc1ccccc1. The van der Waals surface area contributed by atoms with Crippen molar-refractivity contribution in [2.45, 2.75) is 82.8 Å². The Morgan fingerprint density at radius 1 is 0.887 bits per heavy atom. The molecular formula is C38H53N6O8P. The molecule has 5 atom stereocenters. The topological polar surface area (TPSA) is 200 Å². The Labute approximate surface area is 311 Å². The molecule has 1 fully saturated rings. The first-order valence-electron chi connectivity index (χ1n) is 17.9. The third-order valence-corrected chi connectivity index (χ3v) is 9.14. The van der Waals surface area contributed by atoms with Crippen LogP contribution in [0.25, 0.3) is 0 Å². The predicted molar refractivity (Wildman–Crippen MR) is 204 cm³/mol. The lowest BCUT2D eigenvalue weighted by Gasteiger charge is -2.22. The van der Waals surface area contributed by atoms with Gasteiger partial charge in [-0.25, -0.2) is 19.3 Å². The van der Waals surface area contributed by atoms with Gasteiger partial charge in [-0.3, -0.25) is 14.1 Å². The number of amides is 2. The van der Waals surface area contributed by atoms with Crippen LogP contribution in [-0.2, 0) is 18.6 Å². The van der Waals surface area contributed by atoms with Gasteiger partial charge in [-0.05, 0) is 57.1 Å². The van der Waals surface area contributed by atoms with Crippen molar-refractivity contribution in [1.29, 1.82) is 0 Å². The number of allylic oxidation sites excluding steroid dienone is 12. The van der Waals surface area contributed by atoms with E-state index in [9.17, 15) is 24.4 Å². The van der Waals surface area contributed by atoms with Gasteiger partial charge in [-0.15, -0.1) is 5.10 Å². The highest BCUT2D eigenvalue weighted by molar-refractivity contribution is 7.52. The second-order valence-electron chi connectivity index (χ2n) is 11.9. The molecule has 6 N–H and O–H groups in total. The van der Waals surface area contributed by atoms with Gasteiger partial charge in [0, 0.05) is 19.5 Å². The Morgan fingerprint density at radius 2 is 1.47 bits per heavy atom. The van der Waals surface area contributed by atoms with E-state index in [1.165, 1.54) is 0 Å². The number of hydrogen-bond acceptors (Lipinski definition) is 10. The molecule has 1 aliphatic rings. The van der Waals surface area contributed by atoms with E-state index < -0.39 is 44.8 Å². The van der Waals surface area contributed by atoms with Gasteiger partial charge in [-0.2, -0.15) is 0 Å². The lowest BCUT2D eigenvalue weighted by molar-refractivity contribution is -0.120. The molecule has 0 radical (unpaired) electrons. The van der Waals surface area contributed by atoms with E-state index in [1.54, 1.807) is 30.3 Å². The summed E-state index contributed by atoms with van der Waals surface area (Å²) in [4.78, 5) is 27.4. The van der Waals surface area contributed by atoms with Crippen molar-refractivity contribution in [3.8, 4) is 5.75 Å². The molecule has 0 bridgehead atoms. The number of aliphatic hydroxyl groups excluding tert-OH is 2. The molecule has 3 rings (SSSR count). The maximum atomic E-state index is 13.7. The number of carbonyl (C=O) groups is 2. The zero-order chi connectivity index (χ0) is 38.2. The molecule has 1 aromatic carbocycles. The van der Waals surface area contributed by atoms with Crippen LogP contribution < -0.4 is 20.7 Å². The fourth-order valence-corrected chi connectivity index (χ4v) is 6.17. The summed E-state index contributed by atoms with van der Waals surface area (Å²) < 4.78 is 31.7. The molecule has 0 spiro atoms. The van der Waals surface area contributed by atoms with Crippen molar-refractivity contribution in [3.05, 3.63) is 115 Å². The Morgan fingerprint density at radius 3 is 2.04 bits per heavy atom. The van der Waals surface area contributed by atoms with Crippen LogP contribution in [0.2, 0.25) is 0 Å². The number of aromatic nitrogens is 3. The van der Waals surface area contributed by atoms with Crippen LogP contribution >= 0.6 is 7.75 Å². The van der Waals surface area contributed by atoms with Crippen LogP contribution in [0.5, 0.6) is 5.75 Å². The summed E-state index contributed by atoms with van der Waals surface area (Å²) in [7, 11) is -4.06. The molecule has 288 valence electrons. The van der Waals surface area contributed by atoms with Crippen LogP contribution in [0, 0.1) is 0 Å². The molecule has 1 aromatic heterocycles. The first kappa shape index (κ1) is 43.0. The van der Waals surface area contributed by atoms with Gasteiger partial charge in [0.05, 0.1) is 6.61 Å². The normalized spacial score (nSPS) is 20.5. The second kappa shape index (κ2) is 24.7. The fraction of sp³-hybridized carbons (Fsp3) is 0.421. The Balaban J connectivity index is 1.33. The smallest absolute Gasteiger partial charge is 0.413 e. The van der Waals surface area contributed by atoms with Gasteiger partial charge in [0.2, 0.25) is 11.7 Å². The lowest BCUT2D eigenvalue weighted by Crippen LogP contribution is -2.35. The Hall–Kier alpha value is -4.43. The number of nitrogens with one attached hydrogen (secondary N) is 2. The van der Waals surface area contributed by atoms with Gasteiger partial charge < -0.3 is 30.5 Å². The number of hydrogen-bond donors (Lipinski definition) is 5. The maximum absolute atomic E-state index is 13.7. The van der Waals surface area contributed by atoms with E-state index in [1.807, 2.05) is 12.2 Å². The number of primary amides is 1. The number of nitrogens with two attached hydrogens (primary N) is 1. The molecule has 53 heavy (non-hydrogen) atoms. The van der Waals surface area contributed by atoms with Gasteiger partial charge in [-0.1, -0.05) is 98.0 Å². The summed E-state index contributed by atoms with van der Waals surface area (Å²) in [6.07, 6.45) is 27.9. The predicted octanol–water partition coefficient (Wildman–Crippen LogP) is 5.38. The zero-order valence-corrected chi connectivity index (χ0v) is 31.1. The van der Waals surface area contributed by atoms with Crippen molar-refractivity contribution in [3.63, 3.8) is 0 Å². The molecule has 2 amide bonds. The van der Waals surface area contributed by atoms with E-state index in [0.717, 1.165) is 49.5 Å². The number of ether oxygens (including phenoxy) is 1. The van der Waals surface area contributed by atoms with Crippen LogP contribution in [0.15, 0.2) is 110 Å². The van der Waals surface area contributed by atoms with Crippen molar-refractivity contribution in [2.75, 3.05) is 19.7 Å². The summed E-state index contributed by atoms with van der Waals surface area (Å²) in [6.45, 7) is 1.88. The quantitative estimate of drug-likeness (QED) is 0.0495. The molecule has 15 heteroatoms. The highest BCUT2D eigenvalue weighted by Gasteiger charge is 2.45. The van der Waals surface area contributed by atoms with E-state index in [-0.39, 0.29) is 30.6 Å². The summed E-state index contributed by atoms with van der Waals surface area (Å²) in [5.41, 5.74) is 5.18. The van der Waals surface area contributed by atoms with Crippen LogP contribution in [-0.4, -0.2) is 74.8 Å². The highest BCUT2D eigenvalue weighted by atomic mass is 31.2. The molecular weight excluding hydrogens is 699 g/mol. The molecule has 0 aliphatic carbocycles. The van der Waals surface area contributed by atoms with E-state index in [0.29, 0.717) is 12.8 Å². The van der Waals surface area contributed by atoms with Crippen LogP contribution in [0.3, 0.4) is 0 Å². The molecule has 2 heterocycles. The Bertz CT molecular complexity index is 1610. The Kier molecular flexibility index (Phi) is 20.1. The molecule has 14 nitrogen and oxygen atoms in total. The highest BCUT2D eigenvalue weighted by Crippen LogP contribution is 2.45. The first-order valence-corrected chi connectivity index (χ1v) is 19.4. The monoisotopic (exact) mass is 752 g/mol. The molecule has 2 aromatic rings. The standard InChI is InChI=1S/C38H53N6O8P/c1-2-3-4-5-6-7-8-9-10-11-12-13-14-15-16-17-18-19-23-26-33(45)40-27-28-42-53(49,52-31-24-21-20-22-25-31)50-29-32-34(46)35(47)38(51-32)44-30-41-37(43-44)36(39)48/h3-4,6-7,9-10,12-13,15-16,18-22,24-25,30,32,34-35,38,46-47H,2,5,8,11,14,17,23,26-29H2,1H3,(H2,39,48)(H,40,45)(H,42,49)/b4-3-,7-6-,10-9-,13-12-,16-15-,19-18-/t32?,34-,35-,38-,53?/m1/s1. The van der Waals surface area contributed by atoms with E-state index >= 15 is 0 Å². The fourth-order valence-electron chi connectivity index (χ4n) is 4.83. The van der Waals surface area contributed by atoms with Crippen molar-refractivity contribution in [2.24, 2.45) is 5.73 Å². The lowest BCUT2D eigenvalue weighted by atomic mass is 10.1. The number of rotatable bonds is 25. The average Bonchev–Trinajstić information content (AvgIpc) is 3.75. The summed E-state index contributed by atoms with van der Waals surface area (Å²) >= 11 is 0. The van der Waals surface area contributed by atoms with E-state index in [4.69, 9.17) is 19.5 Å². The number of benzene rings is 1. The van der Waals surface area contributed by atoms with Gasteiger partial charge in [0.1, 0.15) is 30.4 Å². The number of para-hydroxylation sites is 1. The van der Waals surface area contributed by atoms with Crippen LogP contribution in [0.1, 0.15) is 75.1 Å². The largest absolute Gasteiger partial charge is 0.458 e. The molecule has 0 saturated carbocycles. The molecule has 2 unspecified atom stereocenters. The molecule has 1 saturated heterocycles. The summed E-state index contributed by atoms with van der Waals surface area (Å²) in [6, 6.07) is 8.34. The minimum Gasteiger partial charge on any atom is -0.413 e. The first-order chi connectivity index (χ1) is 25.7. The number of aliphatic hydroxyl groups is 2. The maximum Gasteiger partial charge on any atom is 0.458 e. The van der Waals surface area contributed by atoms with E-state index in [2.05, 4.69) is 88.2 Å². The number of nitrogens with zero attached hydrogens (tertiary/aromatic N) is 3. The average molecular weight is 753 g/mol. The van der Waals surface area contributed by atoms with Crippen molar-refractivity contribution in [1.82, 2.24) is 25.2 Å². The van der Waals surface area contributed by atoms with Crippen molar-refractivity contribution >= 4 is 19.6 Å². The zero-order valence-electron chi connectivity index (χ0n) is 30.2. The third-order valence-electron chi connectivity index (χ3n) is 7.59. The van der Waals surface area contributed by atoms with Gasteiger partial charge in [0.15, 0.2) is 6.23 Å². The molecule has 1 aliphatic heterocycles. The minimum atomic E-state index is -4.06. The minimum absolute atomic E-state index is 0.0456. The van der Waals surface area contributed by atoms with Gasteiger partial charge in [0.25, 0.3) is 5.91 Å². The van der Waals surface area contributed by atoms with Gasteiger partial charge >= 0.3 is 7.75 Å². The van der Waals surface area contributed by atoms with Crippen molar-refractivity contribution < 1.29 is 38.2 Å².